The molecule has 0 saturated heterocycles. The summed E-state index contributed by atoms with van der Waals surface area (Å²) in [7, 11) is 1.65. The van der Waals surface area contributed by atoms with E-state index in [1.54, 1.807) is 25.4 Å². The molecule has 0 radical (unpaired) electrons. The van der Waals surface area contributed by atoms with Crippen molar-refractivity contribution < 1.29 is 14.3 Å². The Kier molecular flexibility index (Phi) is 6.46. The number of nitrogens with zero attached hydrogens (tertiary/aromatic N) is 1. The highest BCUT2D eigenvalue weighted by Gasteiger charge is 2.11. The van der Waals surface area contributed by atoms with Crippen molar-refractivity contribution >= 4 is 17.3 Å². The van der Waals surface area contributed by atoms with Gasteiger partial charge in [0.2, 0.25) is 0 Å². The molecule has 0 bridgehead atoms. The molecular weight excluding hydrogens is 354 g/mol. The number of carbonyl (C=O) groups excluding carboxylic acids is 1. The Morgan fingerprint density at radius 1 is 1.00 bits per heavy atom. The molecule has 0 aliphatic carbocycles. The highest BCUT2D eigenvalue weighted by molar-refractivity contribution is 6.03. The lowest BCUT2D eigenvalue weighted by Crippen LogP contribution is -2.14. The highest BCUT2D eigenvalue weighted by Crippen LogP contribution is 2.24. The zero-order chi connectivity index (χ0) is 19.8. The minimum atomic E-state index is -0.288. The van der Waals surface area contributed by atoms with Gasteiger partial charge in [0, 0.05) is 12.1 Å². The summed E-state index contributed by atoms with van der Waals surface area (Å²) in [4.78, 5) is 16.7. The zero-order valence-corrected chi connectivity index (χ0v) is 15.9. The van der Waals surface area contributed by atoms with Crippen molar-refractivity contribution in [2.24, 2.45) is 0 Å². The number of benzene rings is 2. The van der Waals surface area contributed by atoms with Crippen molar-refractivity contribution in [3.63, 3.8) is 0 Å². The third-order valence-corrected chi connectivity index (χ3v) is 4.11. The van der Waals surface area contributed by atoms with Crippen LogP contribution in [0.2, 0.25) is 0 Å². The number of anilines is 2. The number of methoxy groups -OCH3 is 1. The first-order valence-electron chi connectivity index (χ1n) is 9.06. The monoisotopic (exact) mass is 377 g/mol. The van der Waals surface area contributed by atoms with Gasteiger partial charge in [-0.1, -0.05) is 30.3 Å². The number of amides is 1. The minimum absolute atomic E-state index is 0.288. The van der Waals surface area contributed by atoms with Gasteiger partial charge >= 0.3 is 0 Å². The predicted molar refractivity (Wildman–Crippen MR) is 110 cm³/mol. The van der Waals surface area contributed by atoms with E-state index in [2.05, 4.69) is 15.6 Å². The van der Waals surface area contributed by atoms with E-state index in [1.165, 1.54) is 0 Å². The van der Waals surface area contributed by atoms with Crippen LogP contribution in [0.1, 0.15) is 23.0 Å². The fourth-order valence-corrected chi connectivity index (χ4v) is 2.72. The lowest BCUT2D eigenvalue weighted by atomic mass is 10.2. The van der Waals surface area contributed by atoms with Crippen LogP contribution in [0.3, 0.4) is 0 Å². The van der Waals surface area contributed by atoms with Crippen LogP contribution in [0.5, 0.6) is 11.5 Å². The molecule has 0 fully saturated rings. The molecule has 0 saturated carbocycles. The van der Waals surface area contributed by atoms with Crippen molar-refractivity contribution in [1.29, 1.82) is 0 Å². The molecule has 1 aromatic heterocycles. The third kappa shape index (κ3) is 4.79. The molecule has 0 aliphatic rings. The molecule has 2 aromatic carbocycles. The first-order valence-corrected chi connectivity index (χ1v) is 9.06. The number of carbonyl (C=O) groups is 1. The number of aromatic nitrogens is 1. The smallest absolute Gasteiger partial charge is 0.274 e. The summed E-state index contributed by atoms with van der Waals surface area (Å²) in [6.07, 6.45) is 1.64. The fraction of sp³-hybridized carbons (Fsp3) is 0.182. The first-order chi connectivity index (χ1) is 13.7. The van der Waals surface area contributed by atoms with E-state index >= 15 is 0 Å². The van der Waals surface area contributed by atoms with Crippen LogP contribution >= 0.6 is 0 Å². The molecule has 28 heavy (non-hydrogen) atoms. The lowest BCUT2D eigenvalue weighted by Gasteiger charge is -2.12. The summed E-state index contributed by atoms with van der Waals surface area (Å²) in [5.41, 5.74) is 2.81. The van der Waals surface area contributed by atoms with Gasteiger partial charge in [-0.25, -0.2) is 4.98 Å². The van der Waals surface area contributed by atoms with Crippen molar-refractivity contribution in [1.82, 2.24) is 4.98 Å². The van der Waals surface area contributed by atoms with Crippen LogP contribution in [0, 0.1) is 0 Å². The van der Waals surface area contributed by atoms with E-state index < -0.39 is 0 Å². The fourth-order valence-electron chi connectivity index (χ4n) is 2.72. The van der Waals surface area contributed by atoms with Crippen LogP contribution < -0.4 is 20.1 Å². The third-order valence-electron chi connectivity index (χ3n) is 4.11. The molecule has 1 heterocycles. The summed E-state index contributed by atoms with van der Waals surface area (Å²) in [6, 6.07) is 18.6. The number of nitrogens with one attached hydrogen (secondary N) is 2. The molecule has 1 amide bonds. The predicted octanol–water partition coefficient (Wildman–Crippen LogP) is 4.35. The maximum Gasteiger partial charge on any atom is 0.274 e. The number of rotatable bonds is 8. The summed E-state index contributed by atoms with van der Waals surface area (Å²) < 4.78 is 10.9. The SMILES string of the molecule is CCOc1ccccc1NC(=O)c1ccc(NCc2ccccc2OC)cn1. The number of para-hydroxylation sites is 3. The standard InChI is InChI=1S/C22H23N3O3/c1-3-28-21-11-7-5-9-18(21)25-22(26)19-13-12-17(15-24-19)23-14-16-8-4-6-10-20(16)27-2/h4-13,15,23H,3,14H2,1-2H3,(H,25,26). The van der Waals surface area contributed by atoms with E-state index in [0.29, 0.717) is 30.3 Å². The minimum Gasteiger partial charge on any atom is -0.496 e. The quantitative estimate of drug-likeness (QED) is 0.610. The molecular formula is C22H23N3O3. The summed E-state index contributed by atoms with van der Waals surface area (Å²) in [6.45, 7) is 3.02. The molecule has 0 spiro atoms. The van der Waals surface area contributed by atoms with E-state index in [9.17, 15) is 4.79 Å². The van der Waals surface area contributed by atoms with Gasteiger partial charge in [0.25, 0.3) is 5.91 Å². The Hall–Kier alpha value is -3.54. The van der Waals surface area contributed by atoms with Gasteiger partial charge in [-0.05, 0) is 37.3 Å². The Morgan fingerprint density at radius 3 is 2.46 bits per heavy atom. The maximum absolute atomic E-state index is 12.5. The molecule has 2 N–H and O–H groups in total. The van der Waals surface area contributed by atoms with Gasteiger partial charge in [-0.15, -0.1) is 0 Å². The number of hydrogen-bond donors (Lipinski definition) is 2. The summed E-state index contributed by atoms with van der Waals surface area (Å²) >= 11 is 0. The second-order valence-electron chi connectivity index (χ2n) is 5.98. The van der Waals surface area contributed by atoms with E-state index in [0.717, 1.165) is 17.0 Å². The van der Waals surface area contributed by atoms with Gasteiger partial charge in [0.1, 0.15) is 17.2 Å². The molecule has 6 nitrogen and oxygen atoms in total. The number of hydrogen-bond acceptors (Lipinski definition) is 5. The van der Waals surface area contributed by atoms with Crippen LogP contribution in [0.15, 0.2) is 66.9 Å². The average Bonchev–Trinajstić information content (AvgIpc) is 2.74. The molecule has 0 aliphatic heterocycles. The van der Waals surface area contributed by atoms with E-state index in [1.807, 2.05) is 55.5 Å². The molecule has 3 aromatic rings. The second kappa shape index (κ2) is 9.41. The molecule has 3 rings (SSSR count). The van der Waals surface area contributed by atoms with Crippen LogP contribution in [-0.4, -0.2) is 24.6 Å². The topological polar surface area (TPSA) is 72.5 Å². The average molecular weight is 377 g/mol. The largest absolute Gasteiger partial charge is 0.496 e. The molecule has 0 unspecified atom stereocenters. The lowest BCUT2D eigenvalue weighted by molar-refractivity contribution is 0.102. The number of pyridine rings is 1. The van der Waals surface area contributed by atoms with Crippen molar-refractivity contribution in [2.75, 3.05) is 24.4 Å². The zero-order valence-electron chi connectivity index (χ0n) is 15.9. The normalized spacial score (nSPS) is 10.2. The Bertz CT molecular complexity index is 926. The number of ether oxygens (including phenoxy) is 2. The van der Waals surface area contributed by atoms with Crippen molar-refractivity contribution in [2.45, 2.75) is 13.5 Å². The van der Waals surface area contributed by atoms with Crippen LogP contribution in [0.25, 0.3) is 0 Å². The van der Waals surface area contributed by atoms with Gasteiger partial charge < -0.3 is 20.1 Å². The Labute approximate surface area is 164 Å². The molecule has 0 atom stereocenters. The Balaban J connectivity index is 1.63. The van der Waals surface area contributed by atoms with Gasteiger partial charge in [0.15, 0.2) is 0 Å². The van der Waals surface area contributed by atoms with Crippen LogP contribution in [-0.2, 0) is 6.54 Å². The summed E-state index contributed by atoms with van der Waals surface area (Å²) in [5, 5.41) is 6.12. The maximum atomic E-state index is 12.5. The molecule has 6 heteroatoms. The Morgan fingerprint density at radius 2 is 1.75 bits per heavy atom. The van der Waals surface area contributed by atoms with E-state index in [-0.39, 0.29) is 5.91 Å². The van der Waals surface area contributed by atoms with E-state index in [4.69, 9.17) is 9.47 Å². The van der Waals surface area contributed by atoms with Crippen molar-refractivity contribution in [3.8, 4) is 11.5 Å². The van der Waals surface area contributed by atoms with Gasteiger partial charge in [-0.2, -0.15) is 0 Å². The second-order valence-corrected chi connectivity index (χ2v) is 5.98. The highest BCUT2D eigenvalue weighted by atomic mass is 16.5. The summed E-state index contributed by atoms with van der Waals surface area (Å²) in [5.74, 6) is 1.17. The first kappa shape index (κ1) is 19.2. The van der Waals surface area contributed by atoms with Gasteiger partial charge in [-0.3, -0.25) is 4.79 Å². The van der Waals surface area contributed by atoms with Crippen LogP contribution in [0.4, 0.5) is 11.4 Å². The molecule has 144 valence electrons. The van der Waals surface area contributed by atoms with Crippen molar-refractivity contribution in [3.05, 3.63) is 78.1 Å². The van der Waals surface area contributed by atoms with Gasteiger partial charge in [0.05, 0.1) is 31.3 Å².